The molecule has 3 N–H and O–H groups in total. The minimum absolute atomic E-state index is 0.0557. The minimum Gasteiger partial charge on any atom is -0.496 e. The fourth-order valence-corrected chi connectivity index (χ4v) is 4.83. The van der Waals surface area contributed by atoms with Crippen LogP contribution in [0, 0.1) is 6.92 Å². The third kappa shape index (κ3) is 4.10. The quantitative estimate of drug-likeness (QED) is 0.428. The molecule has 0 bridgehead atoms. The van der Waals surface area contributed by atoms with Gasteiger partial charge in [0.25, 0.3) is 5.91 Å². The van der Waals surface area contributed by atoms with Gasteiger partial charge in [-0.3, -0.25) is 9.89 Å². The Labute approximate surface area is 204 Å². The van der Waals surface area contributed by atoms with E-state index in [4.69, 9.17) is 10.5 Å². The second-order valence-electron chi connectivity index (χ2n) is 9.27. The molecule has 180 valence electrons. The summed E-state index contributed by atoms with van der Waals surface area (Å²) >= 11 is 0. The number of likely N-dealkylation sites (N-methyl/N-ethyl adjacent to an activating group) is 2. The predicted molar refractivity (Wildman–Crippen MR) is 138 cm³/mol. The van der Waals surface area contributed by atoms with Crippen LogP contribution in [0.25, 0.3) is 33.4 Å². The van der Waals surface area contributed by atoms with Gasteiger partial charge in [0, 0.05) is 48.0 Å². The number of aromatic nitrogens is 3. The van der Waals surface area contributed by atoms with Crippen LogP contribution in [-0.2, 0) is 0 Å². The molecule has 0 aliphatic carbocycles. The second kappa shape index (κ2) is 9.03. The maximum atomic E-state index is 13.5. The molecule has 1 fully saturated rings. The third-order valence-electron chi connectivity index (χ3n) is 6.96. The maximum Gasteiger partial charge on any atom is 0.256 e. The number of H-pyrrole nitrogens is 1. The number of hydrogen-bond donors (Lipinski definition) is 2. The van der Waals surface area contributed by atoms with Crippen molar-refractivity contribution in [3.05, 3.63) is 59.8 Å². The van der Waals surface area contributed by atoms with Gasteiger partial charge < -0.3 is 20.3 Å². The molecule has 1 atom stereocenters. The zero-order valence-corrected chi connectivity index (χ0v) is 20.5. The summed E-state index contributed by atoms with van der Waals surface area (Å²) in [5.74, 6) is 0.683. The van der Waals surface area contributed by atoms with Gasteiger partial charge in [0.15, 0.2) is 5.65 Å². The molecule has 0 radical (unpaired) electrons. The standard InChI is InChI=1S/C27H30N6O2/c1-16-11-17(12-21(24(16)28)27(34)33(3)19-9-10-32(2)15-19)18-13-22-25(30-31-26(22)29-14-18)20-7-5-6-8-23(20)35-4/h5-8,11-14,19H,9-10,15,28H2,1-4H3,(H,29,30,31). The van der Waals surface area contributed by atoms with Crippen LogP contribution in [0.4, 0.5) is 5.69 Å². The molecular weight excluding hydrogens is 440 g/mol. The molecule has 2 aromatic heterocycles. The van der Waals surface area contributed by atoms with Crippen molar-refractivity contribution in [1.29, 1.82) is 0 Å². The first-order valence-electron chi connectivity index (χ1n) is 11.7. The molecule has 4 aromatic rings. The van der Waals surface area contributed by atoms with Crippen molar-refractivity contribution in [2.24, 2.45) is 0 Å². The zero-order chi connectivity index (χ0) is 24.7. The highest BCUT2D eigenvalue weighted by Crippen LogP contribution is 2.35. The number of ether oxygens (including phenoxy) is 1. The summed E-state index contributed by atoms with van der Waals surface area (Å²) in [5.41, 5.74) is 12.4. The molecular formula is C27H30N6O2. The van der Waals surface area contributed by atoms with Crippen molar-refractivity contribution in [2.45, 2.75) is 19.4 Å². The van der Waals surface area contributed by atoms with Crippen molar-refractivity contribution >= 4 is 22.6 Å². The third-order valence-corrected chi connectivity index (χ3v) is 6.96. The van der Waals surface area contributed by atoms with Crippen LogP contribution in [0.2, 0.25) is 0 Å². The summed E-state index contributed by atoms with van der Waals surface area (Å²) in [5, 5.41) is 8.40. The van der Waals surface area contributed by atoms with Gasteiger partial charge in [0.1, 0.15) is 11.4 Å². The highest BCUT2D eigenvalue weighted by atomic mass is 16.5. The van der Waals surface area contributed by atoms with E-state index in [1.807, 2.05) is 61.3 Å². The van der Waals surface area contributed by atoms with Gasteiger partial charge in [-0.25, -0.2) is 4.98 Å². The van der Waals surface area contributed by atoms with E-state index in [2.05, 4.69) is 27.1 Å². The molecule has 1 saturated heterocycles. The second-order valence-corrected chi connectivity index (χ2v) is 9.27. The summed E-state index contributed by atoms with van der Waals surface area (Å²) in [6.07, 6.45) is 2.76. The molecule has 5 rings (SSSR count). The minimum atomic E-state index is -0.0557. The van der Waals surface area contributed by atoms with E-state index >= 15 is 0 Å². The Hall–Kier alpha value is -3.91. The lowest BCUT2D eigenvalue weighted by atomic mass is 9.97. The summed E-state index contributed by atoms with van der Waals surface area (Å²) in [6.45, 7) is 3.79. The number of nitrogens with one attached hydrogen (secondary N) is 1. The number of likely N-dealkylation sites (tertiary alicyclic amines) is 1. The Bertz CT molecular complexity index is 1410. The predicted octanol–water partition coefficient (Wildman–Crippen LogP) is 3.97. The van der Waals surface area contributed by atoms with Crippen LogP contribution >= 0.6 is 0 Å². The maximum absolute atomic E-state index is 13.5. The number of nitrogen functional groups attached to an aromatic ring is 1. The Morgan fingerprint density at radius 1 is 1.23 bits per heavy atom. The van der Waals surface area contributed by atoms with E-state index in [0.717, 1.165) is 58.6 Å². The molecule has 1 amide bonds. The van der Waals surface area contributed by atoms with Gasteiger partial charge in [-0.1, -0.05) is 12.1 Å². The van der Waals surface area contributed by atoms with Gasteiger partial charge in [-0.05, 0) is 68.4 Å². The molecule has 3 heterocycles. The van der Waals surface area contributed by atoms with E-state index < -0.39 is 0 Å². The van der Waals surface area contributed by atoms with Crippen LogP contribution in [0.3, 0.4) is 0 Å². The Balaban J connectivity index is 1.56. The number of fused-ring (bicyclic) bond motifs is 1. The number of aryl methyl sites for hydroxylation is 1. The molecule has 2 aromatic carbocycles. The number of hydrogen-bond acceptors (Lipinski definition) is 6. The van der Waals surface area contributed by atoms with Crippen LogP contribution < -0.4 is 10.5 Å². The SMILES string of the molecule is COc1ccccc1-c1n[nH]c2ncc(-c3cc(C)c(N)c(C(=O)N(C)C4CCN(C)C4)c3)cc12. The first kappa shape index (κ1) is 22.9. The number of amides is 1. The van der Waals surface area contributed by atoms with E-state index in [-0.39, 0.29) is 11.9 Å². The fraction of sp³-hybridized carbons (Fsp3) is 0.296. The number of nitrogens with zero attached hydrogens (tertiary/aromatic N) is 4. The monoisotopic (exact) mass is 470 g/mol. The van der Waals surface area contributed by atoms with E-state index in [9.17, 15) is 4.79 Å². The van der Waals surface area contributed by atoms with Crippen molar-refractivity contribution < 1.29 is 9.53 Å². The van der Waals surface area contributed by atoms with Crippen LogP contribution in [0.15, 0.2) is 48.7 Å². The first-order valence-corrected chi connectivity index (χ1v) is 11.7. The van der Waals surface area contributed by atoms with Crippen LogP contribution in [0.1, 0.15) is 22.3 Å². The van der Waals surface area contributed by atoms with E-state index in [1.165, 1.54) is 0 Å². The number of benzene rings is 2. The molecule has 1 aliphatic rings. The van der Waals surface area contributed by atoms with Crippen LogP contribution in [-0.4, -0.2) is 71.2 Å². The van der Waals surface area contributed by atoms with Gasteiger partial charge in [-0.15, -0.1) is 0 Å². The van der Waals surface area contributed by atoms with Crippen molar-refractivity contribution in [1.82, 2.24) is 25.0 Å². The number of anilines is 1. The lowest BCUT2D eigenvalue weighted by molar-refractivity contribution is 0.0738. The van der Waals surface area contributed by atoms with Crippen molar-refractivity contribution in [3.8, 4) is 28.1 Å². The molecule has 1 unspecified atom stereocenters. The molecule has 8 heteroatoms. The number of rotatable bonds is 5. The van der Waals surface area contributed by atoms with Gasteiger partial charge in [-0.2, -0.15) is 5.10 Å². The smallest absolute Gasteiger partial charge is 0.256 e. The lowest BCUT2D eigenvalue weighted by Crippen LogP contribution is -2.39. The molecule has 0 saturated carbocycles. The summed E-state index contributed by atoms with van der Waals surface area (Å²) in [7, 11) is 5.59. The number of methoxy groups -OCH3 is 1. The molecule has 8 nitrogen and oxygen atoms in total. The van der Waals surface area contributed by atoms with E-state index in [1.54, 1.807) is 13.3 Å². The van der Waals surface area contributed by atoms with Gasteiger partial charge >= 0.3 is 0 Å². The van der Waals surface area contributed by atoms with E-state index in [0.29, 0.717) is 16.9 Å². The zero-order valence-electron chi connectivity index (χ0n) is 20.5. The number of pyridine rings is 1. The van der Waals surface area contributed by atoms with Crippen molar-refractivity contribution in [2.75, 3.05) is 40.0 Å². The topological polar surface area (TPSA) is 100 Å². The van der Waals surface area contributed by atoms with Crippen LogP contribution in [0.5, 0.6) is 5.75 Å². The molecule has 0 spiro atoms. The largest absolute Gasteiger partial charge is 0.496 e. The average Bonchev–Trinajstić information content (AvgIpc) is 3.50. The Morgan fingerprint density at radius 2 is 2.03 bits per heavy atom. The lowest BCUT2D eigenvalue weighted by Gasteiger charge is -2.25. The summed E-state index contributed by atoms with van der Waals surface area (Å²) in [4.78, 5) is 22.1. The summed E-state index contributed by atoms with van der Waals surface area (Å²) < 4.78 is 5.54. The molecule has 35 heavy (non-hydrogen) atoms. The highest BCUT2D eigenvalue weighted by molar-refractivity contribution is 6.02. The first-order chi connectivity index (χ1) is 16.9. The summed E-state index contributed by atoms with van der Waals surface area (Å²) in [6, 6.07) is 13.9. The number of carbonyl (C=O) groups excluding carboxylic acids is 1. The highest BCUT2D eigenvalue weighted by Gasteiger charge is 2.28. The fourth-order valence-electron chi connectivity index (χ4n) is 4.83. The number of para-hydroxylation sites is 1. The van der Waals surface area contributed by atoms with Gasteiger partial charge in [0.2, 0.25) is 0 Å². The Kier molecular flexibility index (Phi) is 5.90. The average molecular weight is 471 g/mol. The normalized spacial score (nSPS) is 16.1. The number of carbonyl (C=O) groups is 1. The van der Waals surface area contributed by atoms with Crippen molar-refractivity contribution in [3.63, 3.8) is 0 Å². The Morgan fingerprint density at radius 3 is 2.77 bits per heavy atom. The van der Waals surface area contributed by atoms with Gasteiger partial charge in [0.05, 0.1) is 12.7 Å². The number of nitrogens with two attached hydrogens (primary N) is 1. The molecule has 1 aliphatic heterocycles. The number of aromatic amines is 1.